The van der Waals surface area contributed by atoms with Crippen molar-refractivity contribution in [3.05, 3.63) is 53.7 Å². The Kier molecular flexibility index (Phi) is 5.46. The fourth-order valence-electron chi connectivity index (χ4n) is 2.20. The lowest BCUT2D eigenvalue weighted by molar-refractivity contribution is 0.0366. The fraction of sp³-hybridized carbons (Fsp3) is 0.353. The van der Waals surface area contributed by atoms with Gasteiger partial charge in [0.05, 0.1) is 26.0 Å². The molecule has 0 aliphatic carbocycles. The van der Waals surface area contributed by atoms with Gasteiger partial charge in [-0.05, 0) is 43.7 Å². The number of methoxy groups -OCH3 is 1. The van der Waals surface area contributed by atoms with E-state index in [2.05, 4.69) is 10.6 Å². The predicted octanol–water partition coefficient (Wildman–Crippen LogP) is 2.70. The number of hydrogen-bond donors (Lipinski definition) is 3. The van der Waals surface area contributed by atoms with Gasteiger partial charge < -0.3 is 24.9 Å². The minimum atomic E-state index is -1.32. The van der Waals surface area contributed by atoms with Crippen LogP contribution in [0.1, 0.15) is 31.2 Å². The summed E-state index contributed by atoms with van der Waals surface area (Å²) in [5, 5.41) is 15.6. The van der Waals surface area contributed by atoms with E-state index in [1.807, 2.05) is 0 Å². The van der Waals surface area contributed by atoms with Crippen LogP contribution in [0.15, 0.2) is 41.0 Å². The second kappa shape index (κ2) is 7.35. The number of rotatable bonds is 6. The summed E-state index contributed by atoms with van der Waals surface area (Å²) < 4.78 is 23.5. The third kappa shape index (κ3) is 4.26. The third-order valence-corrected chi connectivity index (χ3v) is 3.67. The number of nitrogens with one attached hydrogen (secondary N) is 2. The Morgan fingerprint density at radius 1 is 1.46 bits per heavy atom. The molecule has 1 aromatic heterocycles. The van der Waals surface area contributed by atoms with E-state index in [0.717, 1.165) is 0 Å². The summed E-state index contributed by atoms with van der Waals surface area (Å²) in [7, 11) is 1.38. The Morgan fingerprint density at radius 3 is 2.83 bits per heavy atom. The number of carbonyl (C=O) groups is 1. The van der Waals surface area contributed by atoms with Crippen LogP contribution >= 0.6 is 0 Å². The van der Waals surface area contributed by atoms with Gasteiger partial charge in [-0.3, -0.25) is 0 Å². The molecule has 2 rings (SSSR count). The van der Waals surface area contributed by atoms with Gasteiger partial charge in [0, 0.05) is 0 Å². The molecule has 1 aromatic carbocycles. The number of carbonyl (C=O) groups excluding carboxylic acids is 1. The number of urea groups is 1. The molecule has 6 nitrogen and oxygen atoms in total. The summed E-state index contributed by atoms with van der Waals surface area (Å²) in [4.78, 5) is 12.0. The first-order valence-electron chi connectivity index (χ1n) is 7.47. The van der Waals surface area contributed by atoms with Gasteiger partial charge in [-0.1, -0.05) is 6.07 Å². The van der Waals surface area contributed by atoms with Crippen LogP contribution in [0.5, 0.6) is 5.75 Å². The average molecular weight is 336 g/mol. The summed E-state index contributed by atoms with van der Waals surface area (Å²) in [5.74, 6) is 0.00817. The Morgan fingerprint density at radius 2 is 2.21 bits per heavy atom. The van der Waals surface area contributed by atoms with E-state index >= 15 is 0 Å². The van der Waals surface area contributed by atoms with E-state index in [0.29, 0.717) is 11.3 Å². The molecule has 0 aliphatic rings. The van der Waals surface area contributed by atoms with Gasteiger partial charge in [0.25, 0.3) is 0 Å². The van der Waals surface area contributed by atoms with E-state index in [9.17, 15) is 14.3 Å². The second-order valence-electron chi connectivity index (χ2n) is 5.69. The molecule has 0 spiro atoms. The third-order valence-electron chi connectivity index (χ3n) is 3.67. The van der Waals surface area contributed by atoms with Crippen molar-refractivity contribution in [2.45, 2.75) is 25.5 Å². The second-order valence-corrected chi connectivity index (χ2v) is 5.69. The van der Waals surface area contributed by atoms with Crippen molar-refractivity contribution in [2.75, 3.05) is 13.7 Å². The molecular formula is C17H21FN2O4. The molecule has 0 saturated heterocycles. The maximum atomic E-state index is 13.4. The van der Waals surface area contributed by atoms with E-state index in [4.69, 9.17) is 9.15 Å². The van der Waals surface area contributed by atoms with Crippen molar-refractivity contribution >= 4 is 6.03 Å². The van der Waals surface area contributed by atoms with Gasteiger partial charge in [-0.2, -0.15) is 0 Å². The highest BCUT2D eigenvalue weighted by Crippen LogP contribution is 2.23. The molecule has 0 aliphatic heterocycles. The van der Waals surface area contributed by atoms with Gasteiger partial charge in [0.15, 0.2) is 11.6 Å². The Hall–Kier alpha value is -2.54. The topological polar surface area (TPSA) is 83.7 Å². The molecule has 0 fully saturated rings. The number of aliphatic hydroxyl groups is 1. The molecule has 2 atom stereocenters. The molecule has 0 radical (unpaired) electrons. The molecule has 3 N–H and O–H groups in total. The maximum Gasteiger partial charge on any atom is 0.315 e. The minimum absolute atomic E-state index is 0.0220. The lowest BCUT2D eigenvalue weighted by Gasteiger charge is -2.22. The number of ether oxygens (including phenoxy) is 1. The van der Waals surface area contributed by atoms with Crippen molar-refractivity contribution in [3.8, 4) is 5.75 Å². The maximum absolute atomic E-state index is 13.4. The Labute approximate surface area is 139 Å². The first-order chi connectivity index (χ1) is 11.3. The zero-order chi connectivity index (χ0) is 17.7. The quantitative estimate of drug-likeness (QED) is 0.757. The molecule has 0 bridgehead atoms. The van der Waals surface area contributed by atoms with Crippen LogP contribution in [0, 0.1) is 5.82 Å². The number of hydrogen-bond acceptors (Lipinski definition) is 4. The summed E-state index contributed by atoms with van der Waals surface area (Å²) in [6.45, 7) is 3.28. The molecule has 2 unspecified atom stereocenters. The molecular weight excluding hydrogens is 315 g/mol. The lowest BCUT2D eigenvalue weighted by atomic mass is 10.0. The van der Waals surface area contributed by atoms with Crippen molar-refractivity contribution in [2.24, 2.45) is 0 Å². The van der Waals surface area contributed by atoms with E-state index < -0.39 is 17.4 Å². The molecule has 2 aromatic rings. The SMILES string of the molecule is COc1cc(C(C)NC(=O)NCC(C)(O)c2ccco2)ccc1F. The highest BCUT2D eigenvalue weighted by atomic mass is 19.1. The van der Waals surface area contributed by atoms with Crippen molar-refractivity contribution in [1.82, 2.24) is 10.6 Å². The summed E-state index contributed by atoms with van der Waals surface area (Å²) in [6, 6.07) is 6.85. The molecule has 130 valence electrons. The highest BCUT2D eigenvalue weighted by Gasteiger charge is 2.27. The molecule has 0 saturated carbocycles. The van der Waals surface area contributed by atoms with Gasteiger partial charge in [0.2, 0.25) is 0 Å². The van der Waals surface area contributed by atoms with Crippen LogP contribution in [0.2, 0.25) is 0 Å². The number of halogens is 1. The molecule has 2 amide bonds. The first kappa shape index (κ1) is 17.8. The average Bonchev–Trinajstić information content (AvgIpc) is 3.09. The first-order valence-corrected chi connectivity index (χ1v) is 7.47. The standard InChI is InChI=1S/C17H21FN2O4/c1-11(12-6-7-13(18)14(9-12)23-3)20-16(21)19-10-17(2,22)15-5-4-8-24-15/h4-9,11,22H,10H2,1-3H3,(H2,19,20,21). The largest absolute Gasteiger partial charge is 0.494 e. The number of amides is 2. The van der Waals surface area contributed by atoms with Crippen molar-refractivity contribution < 1.29 is 23.4 Å². The Bertz CT molecular complexity index is 686. The van der Waals surface area contributed by atoms with Crippen LogP contribution in [-0.4, -0.2) is 24.8 Å². The lowest BCUT2D eigenvalue weighted by Crippen LogP contribution is -2.44. The van der Waals surface area contributed by atoms with Crippen LogP contribution < -0.4 is 15.4 Å². The van der Waals surface area contributed by atoms with E-state index in [1.54, 1.807) is 32.0 Å². The van der Waals surface area contributed by atoms with Gasteiger partial charge in [0.1, 0.15) is 11.4 Å². The zero-order valence-electron chi connectivity index (χ0n) is 13.8. The summed E-state index contributed by atoms with van der Waals surface area (Å²) in [5.41, 5.74) is -0.621. The van der Waals surface area contributed by atoms with Crippen molar-refractivity contribution in [3.63, 3.8) is 0 Å². The van der Waals surface area contributed by atoms with Crippen LogP contribution in [0.3, 0.4) is 0 Å². The van der Waals surface area contributed by atoms with Crippen LogP contribution in [0.4, 0.5) is 9.18 Å². The molecule has 7 heteroatoms. The normalized spacial score (nSPS) is 14.5. The minimum Gasteiger partial charge on any atom is -0.494 e. The number of furan rings is 1. The van der Waals surface area contributed by atoms with Gasteiger partial charge in [-0.15, -0.1) is 0 Å². The van der Waals surface area contributed by atoms with E-state index in [-0.39, 0.29) is 18.3 Å². The van der Waals surface area contributed by atoms with Crippen molar-refractivity contribution in [1.29, 1.82) is 0 Å². The van der Waals surface area contributed by atoms with Gasteiger partial charge in [-0.25, -0.2) is 9.18 Å². The van der Waals surface area contributed by atoms with E-state index in [1.165, 1.54) is 25.5 Å². The monoisotopic (exact) mass is 336 g/mol. The molecule has 24 heavy (non-hydrogen) atoms. The summed E-state index contributed by atoms with van der Waals surface area (Å²) >= 11 is 0. The smallest absolute Gasteiger partial charge is 0.315 e. The van der Waals surface area contributed by atoms with Crippen LogP contribution in [0.25, 0.3) is 0 Å². The molecule has 1 heterocycles. The predicted molar refractivity (Wildman–Crippen MR) is 86.2 cm³/mol. The highest BCUT2D eigenvalue weighted by molar-refractivity contribution is 5.74. The fourth-order valence-corrected chi connectivity index (χ4v) is 2.20. The summed E-state index contributed by atoms with van der Waals surface area (Å²) in [6.07, 6.45) is 1.45. The number of benzene rings is 1. The van der Waals surface area contributed by atoms with Crippen LogP contribution in [-0.2, 0) is 5.60 Å². The zero-order valence-corrected chi connectivity index (χ0v) is 13.8. The van der Waals surface area contributed by atoms with Gasteiger partial charge >= 0.3 is 6.03 Å². The Balaban J connectivity index is 1.92.